The Morgan fingerprint density at radius 3 is 2.64 bits per heavy atom. The van der Waals surface area contributed by atoms with Gasteiger partial charge in [-0.2, -0.15) is 5.26 Å². The lowest BCUT2D eigenvalue weighted by Crippen LogP contribution is -2.58. The number of anilines is 1. The van der Waals surface area contributed by atoms with Crippen LogP contribution in [0.2, 0.25) is 0 Å². The van der Waals surface area contributed by atoms with E-state index in [1.807, 2.05) is 6.07 Å². The van der Waals surface area contributed by atoms with Gasteiger partial charge in [0.1, 0.15) is 11.6 Å². The largest absolute Gasteiger partial charge is 0.480 e. The first-order valence-electron chi connectivity index (χ1n) is 10.3. The van der Waals surface area contributed by atoms with E-state index in [4.69, 9.17) is 9.47 Å². The van der Waals surface area contributed by atoms with E-state index < -0.39 is 0 Å². The predicted octanol–water partition coefficient (Wildman–Crippen LogP) is 2.71. The fraction of sp³-hybridized carbons (Fsp3) is 0.667. The molecule has 4 rings (SSSR count). The van der Waals surface area contributed by atoms with Crippen LogP contribution in [0.3, 0.4) is 0 Å². The number of hydrogen-bond donors (Lipinski definition) is 1. The summed E-state index contributed by atoms with van der Waals surface area (Å²) >= 11 is 0. The molecule has 1 amide bonds. The van der Waals surface area contributed by atoms with Gasteiger partial charge in [0.15, 0.2) is 0 Å². The maximum atomic E-state index is 13.2. The van der Waals surface area contributed by atoms with Crippen LogP contribution in [-0.2, 0) is 9.53 Å². The molecule has 0 saturated carbocycles. The van der Waals surface area contributed by atoms with Crippen molar-refractivity contribution in [3.05, 3.63) is 17.8 Å². The molecule has 1 unspecified atom stereocenters. The Hall–Kier alpha value is -2.33. The summed E-state index contributed by atoms with van der Waals surface area (Å²) in [6.45, 7) is 1.40. The number of amides is 1. The second kappa shape index (κ2) is 8.36. The van der Waals surface area contributed by atoms with Crippen molar-refractivity contribution in [2.75, 3.05) is 25.6 Å². The molecule has 7 nitrogen and oxygen atoms in total. The average Bonchev–Trinajstić information content (AvgIpc) is 2.73. The number of nitrogens with one attached hydrogen (secondary N) is 1. The lowest BCUT2D eigenvalue weighted by molar-refractivity contribution is -0.148. The molecule has 3 fully saturated rings. The van der Waals surface area contributed by atoms with E-state index in [2.05, 4.69) is 21.3 Å². The molecule has 0 radical (unpaired) electrons. The maximum Gasteiger partial charge on any atom is 0.233 e. The summed E-state index contributed by atoms with van der Waals surface area (Å²) in [5.74, 6) is 0.801. The zero-order valence-electron chi connectivity index (χ0n) is 16.4. The molecule has 2 bridgehead atoms. The molecule has 1 aromatic heterocycles. The van der Waals surface area contributed by atoms with Gasteiger partial charge in [-0.05, 0) is 51.0 Å². The molecule has 1 N–H and O–H groups in total. The van der Waals surface area contributed by atoms with Crippen molar-refractivity contribution in [3.63, 3.8) is 0 Å². The molecule has 4 heterocycles. The first kappa shape index (κ1) is 19.0. The summed E-state index contributed by atoms with van der Waals surface area (Å²) in [5, 5.41) is 13.0. The van der Waals surface area contributed by atoms with E-state index in [9.17, 15) is 10.1 Å². The second-order valence-corrected chi connectivity index (χ2v) is 8.04. The predicted molar refractivity (Wildman–Crippen MR) is 104 cm³/mol. The highest BCUT2D eigenvalue weighted by atomic mass is 16.5. The number of pyridine rings is 1. The molecule has 3 saturated heterocycles. The van der Waals surface area contributed by atoms with Crippen molar-refractivity contribution in [1.82, 2.24) is 9.88 Å². The fourth-order valence-corrected chi connectivity index (χ4v) is 5.06. The van der Waals surface area contributed by atoms with Crippen LogP contribution in [-0.4, -0.2) is 54.2 Å². The average molecular weight is 384 g/mol. The molecule has 3 atom stereocenters. The summed E-state index contributed by atoms with van der Waals surface area (Å²) in [6, 6.07) is 4.85. The number of aromatic nitrogens is 1. The highest BCUT2D eigenvalue weighted by molar-refractivity contribution is 5.80. The summed E-state index contributed by atoms with van der Waals surface area (Å²) in [6.07, 6.45) is 8.50. The summed E-state index contributed by atoms with van der Waals surface area (Å²) < 4.78 is 10.7. The van der Waals surface area contributed by atoms with E-state index in [1.165, 1.54) is 13.5 Å². The number of carbonyl (C=O) groups is 1. The quantitative estimate of drug-likeness (QED) is 0.859. The highest BCUT2D eigenvalue weighted by Gasteiger charge is 2.43. The smallest absolute Gasteiger partial charge is 0.233 e. The summed E-state index contributed by atoms with van der Waals surface area (Å²) in [7, 11) is 1.53. The minimum atomic E-state index is 0.121. The molecule has 150 valence electrons. The van der Waals surface area contributed by atoms with Crippen LogP contribution in [0, 0.1) is 17.2 Å². The Labute approximate surface area is 166 Å². The van der Waals surface area contributed by atoms with Crippen LogP contribution < -0.4 is 10.1 Å². The zero-order valence-corrected chi connectivity index (χ0v) is 16.4. The lowest BCUT2D eigenvalue weighted by atomic mass is 9.80. The van der Waals surface area contributed by atoms with E-state index in [0.29, 0.717) is 30.6 Å². The van der Waals surface area contributed by atoms with Gasteiger partial charge in [0.05, 0.1) is 12.8 Å². The number of methoxy groups -OCH3 is 1. The van der Waals surface area contributed by atoms with Gasteiger partial charge in [0.2, 0.25) is 11.8 Å². The van der Waals surface area contributed by atoms with Crippen molar-refractivity contribution in [1.29, 1.82) is 5.26 Å². The highest BCUT2D eigenvalue weighted by Crippen LogP contribution is 2.38. The van der Waals surface area contributed by atoms with Crippen molar-refractivity contribution in [2.24, 2.45) is 5.92 Å². The number of rotatable bonds is 4. The van der Waals surface area contributed by atoms with Gasteiger partial charge in [-0.25, -0.2) is 4.98 Å². The first-order chi connectivity index (χ1) is 13.7. The Morgan fingerprint density at radius 1 is 1.29 bits per heavy atom. The van der Waals surface area contributed by atoms with Gasteiger partial charge in [0, 0.05) is 43.5 Å². The maximum absolute atomic E-state index is 13.2. The van der Waals surface area contributed by atoms with Gasteiger partial charge in [-0.1, -0.05) is 0 Å². The van der Waals surface area contributed by atoms with Gasteiger partial charge >= 0.3 is 0 Å². The monoisotopic (exact) mass is 384 g/mol. The molecule has 0 spiro atoms. The Morgan fingerprint density at radius 2 is 2.00 bits per heavy atom. The molecule has 7 heteroatoms. The summed E-state index contributed by atoms with van der Waals surface area (Å²) in [5.41, 5.74) is 1.21. The lowest BCUT2D eigenvalue weighted by Gasteiger charge is -2.50. The van der Waals surface area contributed by atoms with Crippen molar-refractivity contribution < 1.29 is 14.3 Å². The first-order valence-corrected chi connectivity index (χ1v) is 10.3. The third-order valence-corrected chi connectivity index (χ3v) is 6.38. The third-order valence-electron chi connectivity index (χ3n) is 6.38. The molecule has 3 aliphatic rings. The molecule has 0 aromatic carbocycles. The molecule has 0 aliphatic carbocycles. The van der Waals surface area contributed by atoms with Gasteiger partial charge in [0.25, 0.3) is 0 Å². The Kier molecular flexibility index (Phi) is 5.67. The van der Waals surface area contributed by atoms with Gasteiger partial charge < -0.3 is 19.7 Å². The zero-order chi connectivity index (χ0) is 19.5. The van der Waals surface area contributed by atoms with Crippen LogP contribution in [0.15, 0.2) is 12.3 Å². The molecule has 28 heavy (non-hydrogen) atoms. The van der Waals surface area contributed by atoms with Gasteiger partial charge in [-0.15, -0.1) is 0 Å². The number of fused-ring (bicyclic) bond motifs is 2. The van der Waals surface area contributed by atoms with Crippen LogP contribution in [0.25, 0.3) is 0 Å². The van der Waals surface area contributed by atoms with E-state index in [1.54, 1.807) is 6.20 Å². The number of nitrogens with zero attached hydrogens (tertiary/aromatic N) is 3. The molecular formula is C21H28N4O3. The third kappa shape index (κ3) is 3.66. The van der Waals surface area contributed by atoms with Crippen LogP contribution in [0.4, 0.5) is 5.69 Å². The van der Waals surface area contributed by atoms with Crippen molar-refractivity contribution >= 4 is 11.6 Å². The SMILES string of the molecule is COc1nccc(NC2C[C@H]3CCC[C@@H](C2)N3C(=O)C2CCOCC2)c1C#N. The van der Waals surface area contributed by atoms with E-state index in [-0.39, 0.29) is 24.0 Å². The number of ether oxygens (including phenoxy) is 2. The molecule has 1 aromatic rings. The fourth-order valence-electron chi connectivity index (χ4n) is 5.06. The normalized spacial score (nSPS) is 27.7. The minimum Gasteiger partial charge on any atom is -0.480 e. The summed E-state index contributed by atoms with van der Waals surface area (Å²) in [4.78, 5) is 19.5. The van der Waals surface area contributed by atoms with Crippen LogP contribution in [0.1, 0.15) is 50.5 Å². The minimum absolute atomic E-state index is 0.121. The van der Waals surface area contributed by atoms with Gasteiger partial charge in [-0.3, -0.25) is 4.79 Å². The van der Waals surface area contributed by atoms with E-state index >= 15 is 0 Å². The number of nitriles is 1. The second-order valence-electron chi connectivity index (χ2n) is 8.04. The molecular weight excluding hydrogens is 356 g/mol. The Bertz CT molecular complexity index is 743. The van der Waals surface area contributed by atoms with E-state index in [0.717, 1.165) is 44.2 Å². The number of hydrogen-bond acceptors (Lipinski definition) is 6. The number of carbonyl (C=O) groups excluding carboxylic acids is 1. The van der Waals surface area contributed by atoms with Crippen LogP contribution in [0.5, 0.6) is 5.88 Å². The Balaban J connectivity index is 1.48. The number of piperidine rings is 2. The van der Waals surface area contributed by atoms with Crippen molar-refractivity contribution in [2.45, 2.75) is 63.1 Å². The molecule has 3 aliphatic heterocycles. The van der Waals surface area contributed by atoms with Crippen molar-refractivity contribution in [3.8, 4) is 11.9 Å². The van der Waals surface area contributed by atoms with Crippen LogP contribution >= 0.6 is 0 Å². The topological polar surface area (TPSA) is 87.5 Å². The standard InChI is InChI=1S/C21H28N4O3/c1-27-20-18(13-22)19(5-8-23-20)24-15-11-16-3-2-4-17(12-15)25(16)21(26)14-6-9-28-10-7-14/h5,8,14-17H,2-4,6-7,9-12H2,1H3,(H,23,24)/t15?,16-,17+.